The average Bonchev–Trinajstić information content (AvgIpc) is 2.61. The zero-order valence-corrected chi connectivity index (χ0v) is 11.0. The third kappa shape index (κ3) is 3.58. The third-order valence-electron chi connectivity index (χ3n) is 2.69. The van der Waals surface area contributed by atoms with Gasteiger partial charge in [0.15, 0.2) is 0 Å². The summed E-state index contributed by atoms with van der Waals surface area (Å²) in [6.07, 6.45) is 2.18. The molecular weight excluding hydrogens is 204 g/mol. The van der Waals surface area contributed by atoms with Gasteiger partial charge in [0.25, 0.3) is 0 Å². The van der Waals surface area contributed by atoms with Crippen molar-refractivity contribution in [1.82, 2.24) is 4.98 Å². The molecule has 0 fully saturated rings. The minimum Gasteiger partial charge on any atom is -0.330 e. The Morgan fingerprint density at radius 1 is 1.47 bits per heavy atom. The normalized spacial score (nSPS) is 14.2. The number of nitrogens with zero attached hydrogens (tertiary/aromatic N) is 1. The van der Waals surface area contributed by atoms with Crippen molar-refractivity contribution in [2.24, 2.45) is 11.7 Å². The summed E-state index contributed by atoms with van der Waals surface area (Å²) in [5, 5.41) is 3.41. The molecule has 0 saturated carbocycles. The van der Waals surface area contributed by atoms with Gasteiger partial charge in [-0.3, -0.25) is 0 Å². The molecule has 0 amide bonds. The second-order valence-electron chi connectivity index (χ2n) is 5.09. The van der Waals surface area contributed by atoms with E-state index in [2.05, 4.69) is 38.1 Å². The molecule has 1 heterocycles. The fraction of sp³-hybridized carbons (Fsp3) is 0.750. The third-order valence-corrected chi connectivity index (χ3v) is 3.57. The summed E-state index contributed by atoms with van der Waals surface area (Å²) in [6.45, 7) is 9.56. The topological polar surface area (TPSA) is 38.9 Å². The number of hydrogen-bond acceptors (Lipinski definition) is 3. The SMILES string of the molecule is CCC(CN)Cc1nc(C(C)(C)C)cs1. The smallest absolute Gasteiger partial charge is 0.0931 e. The summed E-state index contributed by atoms with van der Waals surface area (Å²) >= 11 is 1.77. The van der Waals surface area contributed by atoms with Gasteiger partial charge in [0.2, 0.25) is 0 Å². The first kappa shape index (κ1) is 12.7. The van der Waals surface area contributed by atoms with Crippen molar-refractivity contribution in [2.45, 2.75) is 46.0 Å². The van der Waals surface area contributed by atoms with Crippen LogP contribution in [0.3, 0.4) is 0 Å². The van der Waals surface area contributed by atoms with E-state index in [1.807, 2.05) is 0 Å². The minimum absolute atomic E-state index is 0.166. The van der Waals surface area contributed by atoms with Crippen LogP contribution >= 0.6 is 11.3 Å². The zero-order chi connectivity index (χ0) is 11.5. The second kappa shape index (κ2) is 5.08. The van der Waals surface area contributed by atoms with E-state index in [0.29, 0.717) is 5.92 Å². The molecule has 2 N–H and O–H groups in total. The van der Waals surface area contributed by atoms with Gasteiger partial charge in [-0.1, -0.05) is 34.1 Å². The molecule has 0 aliphatic carbocycles. The van der Waals surface area contributed by atoms with E-state index in [4.69, 9.17) is 5.73 Å². The lowest BCUT2D eigenvalue weighted by atomic mass is 9.93. The molecule has 3 heteroatoms. The molecule has 0 spiro atoms. The zero-order valence-electron chi connectivity index (χ0n) is 10.2. The molecule has 1 rings (SSSR count). The number of aromatic nitrogens is 1. The molecule has 0 aliphatic rings. The lowest BCUT2D eigenvalue weighted by Gasteiger charge is -2.14. The summed E-state index contributed by atoms with van der Waals surface area (Å²) in [4.78, 5) is 4.68. The van der Waals surface area contributed by atoms with Crippen molar-refractivity contribution < 1.29 is 0 Å². The van der Waals surface area contributed by atoms with Crippen molar-refractivity contribution in [3.05, 3.63) is 16.1 Å². The Morgan fingerprint density at radius 2 is 2.13 bits per heavy atom. The van der Waals surface area contributed by atoms with Crippen molar-refractivity contribution in [1.29, 1.82) is 0 Å². The summed E-state index contributed by atoms with van der Waals surface area (Å²) in [7, 11) is 0. The summed E-state index contributed by atoms with van der Waals surface area (Å²) in [5.41, 5.74) is 7.07. The molecule has 1 aromatic rings. The van der Waals surface area contributed by atoms with E-state index in [1.54, 1.807) is 11.3 Å². The average molecular weight is 226 g/mol. The number of nitrogens with two attached hydrogens (primary N) is 1. The Labute approximate surface area is 96.9 Å². The van der Waals surface area contributed by atoms with E-state index >= 15 is 0 Å². The van der Waals surface area contributed by atoms with Crippen molar-refractivity contribution in [3.63, 3.8) is 0 Å². The number of rotatable bonds is 4. The van der Waals surface area contributed by atoms with Gasteiger partial charge in [-0.15, -0.1) is 11.3 Å². The van der Waals surface area contributed by atoms with Crippen LogP contribution < -0.4 is 5.73 Å². The number of thiazole rings is 1. The van der Waals surface area contributed by atoms with Gasteiger partial charge in [0.05, 0.1) is 10.7 Å². The van der Waals surface area contributed by atoms with Crippen LogP contribution in [0.4, 0.5) is 0 Å². The second-order valence-corrected chi connectivity index (χ2v) is 6.03. The standard InChI is InChI=1S/C12H22N2S/c1-5-9(7-13)6-11-14-10(8-15-11)12(2,3)4/h8-9H,5-7,13H2,1-4H3. The van der Waals surface area contributed by atoms with Crippen LogP contribution in [0.2, 0.25) is 0 Å². The Hall–Kier alpha value is -0.410. The van der Waals surface area contributed by atoms with E-state index in [1.165, 1.54) is 10.7 Å². The van der Waals surface area contributed by atoms with Crippen LogP contribution in [0.15, 0.2) is 5.38 Å². The first-order valence-corrected chi connectivity index (χ1v) is 6.50. The minimum atomic E-state index is 0.166. The Balaban J connectivity index is 2.68. The van der Waals surface area contributed by atoms with Crippen molar-refractivity contribution in [2.75, 3.05) is 6.54 Å². The highest BCUT2D eigenvalue weighted by Gasteiger charge is 2.18. The van der Waals surface area contributed by atoms with Gasteiger partial charge in [-0.25, -0.2) is 4.98 Å². The first-order chi connectivity index (χ1) is 6.97. The van der Waals surface area contributed by atoms with Crippen molar-refractivity contribution in [3.8, 4) is 0 Å². The summed E-state index contributed by atoms with van der Waals surface area (Å²) in [5.74, 6) is 0.587. The van der Waals surface area contributed by atoms with E-state index < -0.39 is 0 Å². The molecule has 0 aromatic carbocycles. The first-order valence-electron chi connectivity index (χ1n) is 5.62. The van der Waals surface area contributed by atoms with Crippen LogP contribution in [0.5, 0.6) is 0 Å². The molecule has 0 radical (unpaired) electrons. The fourth-order valence-electron chi connectivity index (χ4n) is 1.39. The molecule has 0 bridgehead atoms. The molecule has 0 aliphatic heterocycles. The quantitative estimate of drug-likeness (QED) is 0.857. The molecule has 1 unspecified atom stereocenters. The molecular formula is C12H22N2S. The van der Waals surface area contributed by atoms with Gasteiger partial charge in [-0.05, 0) is 12.5 Å². The van der Waals surface area contributed by atoms with Crippen LogP contribution in [0.1, 0.15) is 44.8 Å². The van der Waals surface area contributed by atoms with Gasteiger partial charge in [-0.2, -0.15) is 0 Å². The highest BCUT2D eigenvalue weighted by atomic mass is 32.1. The molecule has 0 saturated heterocycles. The largest absolute Gasteiger partial charge is 0.330 e. The maximum absolute atomic E-state index is 5.70. The predicted molar refractivity (Wildman–Crippen MR) is 67.4 cm³/mol. The van der Waals surface area contributed by atoms with Crippen LogP contribution in [0, 0.1) is 5.92 Å². The predicted octanol–water partition coefficient (Wildman–Crippen LogP) is 2.97. The molecule has 15 heavy (non-hydrogen) atoms. The Bertz CT molecular complexity index is 295. The van der Waals surface area contributed by atoms with Crippen molar-refractivity contribution >= 4 is 11.3 Å². The highest BCUT2D eigenvalue weighted by molar-refractivity contribution is 7.09. The van der Waals surface area contributed by atoms with Gasteiger partial charge >= 0.3 is 0 Å². The van der Waals surface area contributed by atoms with Crippen LogP contribution in [-0.2, 0) is 11.8 Å². The molecule has 1 atom stereocenters. The van der Waals surface area contributed by atoms with Gasteiger partial charge < -0.3 is 5.73 Å². The maximum Gasteiger partial charge on any atom is 0.0931 e. The summed E-state index contributed by atoms with van der Waals surface area (Å²) < 4.78 is 0. The Kier molecular flexibility index (Phi) is 4.29. The lowest BCUT2D eigenvalue weighted by molar-refractivity contribution is 0.512. The fourth-order valence-corrected chi connectivity index (χ4v) is 2.53. The van der Waals surface area contributed by atoms with Crippen LogP contribution in [0.25, 0.3) is 0 Å². The molecule has 1 aromatic heterocycles. The van der Waals surface area contributed by atoms with E-state index in [9.17, 15) is 0 Å². The molecule has 86 valence electrons. The highest BCUT2D eigenvalue weighted by Crippen LogP contribution is 2.25. The van der Waals surface area contributed by atoms with Gasteiger partial charge in [0, 0.05) is 17.2 Å². The number of hydrogen-bond donors (Lipinski definition) is 1. The summed E-state index contributed by atoms with van der Waals surface area (Å²) in [6, 6.07) is 0. The van der Waals surface area contributed by atoms with E-state index in [0.717, 1.165) is 19.4 Å². The monoisotopic (exact) mass is 226 g/mol. The van der Waals surface area contributed by atoms with Crippen LogP contribution in [-0.4, -0.2) is 11.5 Å². The maximum atomic E-state index is 5.70. The molecule has 2 nitrogen and oxygen atoms in total. The Morgan fingerprint density at radius 3 is 2.53 bits per heavy atom. The lowest BCUT2D eigenvalue weighted by Crippen LogP contribution is -2.16. The van der Waals surface area contributed by atoms with Gasteiger partial charge in [0.1, 0.15) is 0 Å². The van der Waals surface area contributed by atoms with E-state index in [-0.39, 0.29) is 5.41 Å².